The number of piperazine rings is 1. The number of hydrogen-bond donors (Lipinski definition) is 1. The Hall–Kier alpha value is -2.48. The second kappa shape index (κ2) is 6.10. The number of rotatable bonds is 4. The van der Waals surface area contributed by atoms with Gasteiger partial charge in [0, 0.05) is 24.7 Å². The van der Waals surface area contributed by atoms with Gasteiger partial charge in [0.1, 0.15) is 0 Å². The van der Waals surface area contributed by atoms with Crippen LogP contribution in [0.3, 0.4) is 0 Å². The van der Waals surface area contributed by atoms with E-state index < -0.39 is 0 Å². The third-order valence-corrected chi connectivity index (χ3v) is 3.87. The Bertz CT molecular complexity index is 647. The number of aromatic nitrogens is 2. The van der Waals surface area contributed by atoms with Crippen LogP contribution in [0.2, 0.25) is 0 Å². The lowest BCUT2D eigenvalue weighted by Crippen LogP contribution is -3.13. The number of nitro benzene ring substituents is 1. The largest absolute Gasteiger partial charge is 0.420 e. The highest BCUT2D eigenvalue weighted by Gasteiger charge is 2.22. The van der Waals surface area contributed by atoms with Crippen LogP contribution in [0.25, 0.3) is 0 Å². The minimum absolute atomic E-state index is 0.125. The van der Waals surface area contributed by atoms with Crippen LogP contribution in [0.4, 0.5) is 11.4 Å². The van der Waals surface area contributed by atoms with Crippen LogP contribution in [0, 0.1) is 17.0 Å². The number of quaternary nitrogens is 1. The van der Waals surface area contributed by atoms with Crippen molar-refractivity contribution in [3.63, 3.8) is 0 Å². The first-order valence-electron chi connectivity index (χ1n) is 7.24. The van der Waals surface area contributed by atoms with Crippen molar-refractivity contribution < 1.29 is 14.2 Å². The third kappa shape index (κ3) is 3.22. The predicted molar refractivity (Wildman–Crippen MR) is 78.7 cm³/mol. The van der Waals surface area contributed by atoms with Crippen LogP contribution in [-0.2, 0) is 6.54 Å². The quantitative estimate of drug-likeness (QED) is 0.641. The minimum Gasteiger partial charge on any atom is -0.420 e. The lowest BCUT2D eigenvalue weighted by atomic mass is 10.2. The van der Waals surface area contributed by atoms with Crippen LogP contribution in [0.15, 0.2) is 28.7 Å². The molecule has 3 rings (SSSR count). The highest BCUT2D eigenvalue weighted by molar-refractivity contribution is 5.50. The van der Waals surface area contributed by atoms with E-state index in [1.54, 1.807) is 19.1 Å². The van der Waals surface area contributed by atoms with E-state index in [4.69, 9.17) is 4.42 Å². The molecule has 116 valence electrons. The Morgan fingerprint density at radius 3 is 2.50 bits per heavy atom. The molecule has 0 spiro atoms. The molecule has 0 atom stereocenters. The highest BCUT2D eigenvalue weighted by Crippen LogP contribution is 2.19. The third-order valence-electron chi connectivity index (χ3n) is 3.87. The van der Waals surface area contributed by atoms with E-state index in [0.717, 1.165) is 38.4 Å². The zero-order valence-electron chi connectivity index (χ0n) is 12.4. The highest BCUT2D eigenvalue weighted by atomic mass is 16.6. The average molecular weight is 304 g/mol. The Labute approximate surface area is 127 Å². The first kappa shape index (κ1) is 14.5. The number of aryl methyl sites for hydroxylation is 1. The predicted octanol–water partition coefficient (Wildman–Crippen LogP) is 0.191. The summed E-state index contributed by atoms with van der Waals surface area (Å²) in [5, 5.41) is 18.5. The summed E-state index contributed by atoms with van der Waals surface area (Å²) < 4.78 is 5.41. The van der Waals surface area contributed by atoms with Crippen LogP contribution >= 0.6 is 0 Å². The summed E-state index contributed by atoms with van der Waals surface area (Å²) in [5.74, 6) is 1.27. The standard InChI is InChI=1S/C14H17N5O3/c1-11-15-16-14(22-11)10-17-6-8-18(9-7-17)12-2-4-13(5-3-12)19(20)21/h2-5H,6-10H2,1H3/p+1. The van der Waals surface area contributed by atoms with E-state index in [1.165, 1.54) is 4.90 Å². The lowest BCUT2D eigenvalue weighted by Gasteiger charge is -2.33. The van der Waals surface area contributed by atoms with Gasteiger partial charge in [0.15, 0.2) is 6.54 Å². The summed E-state index contributed by atoms with van der Waals surface area (Å²) in [6.45, 7) is 6.28. The molecule has 1 aliphatic heterocycles. The number of non-ortho nitro benzene ring substituents is 1. The molecule has 2 aromatic rings. The van der Waals surface area contributed by atoms with E-state index in [0.29, 0.717) is 11.8 Å². The zero-order valence-corrected chi connectivity index (χ0v) is 12.4. The zero-order chi connectivity index (χ0) is 15.5. The van der Waals surface area contributed by atoms with Crippen LogP contribution in [-0.4, -0.2) is 41.3 Å². The molecule has 0 saturated carbocycles. The van der Waals surface area contributed by atoms with E-state index in [-0.39, 0.29) is 10.6 Å². The molecular formula is C14H18N5O3+. The van der Waals surface area contributed by atoms with Crippen molar-refractivity contribution in [3.8, 4) is 0 Å². The van der Waals surface area contributed by atoms with Crippen molar-refractivity contribution in [1.29, 1.82) is 0 Å². The number of nitro groups is 1. The van der Waals surface area contributed by atoms with Gasteiger partial charge in [-0.15, -0.1) is 10.2 Å². The van der Waals surface area contributed by atoms with Crippen molar-refractivity contribution in [1.82, 2.24) is 10.2 Å². The van der Waals surface area contributed by atoms with Gasteiger partial charge in [-0.05, 0) is 12.1 Å². The van der Waals surface area contributed by atoms with Gasteiger partial charge in [0.25, 0.3) is 11.6 Å². The lowest BCUT2D eigenvalue weighted by molar-refractivity contribution is -0.915. The number of anilines is 1. The first-order chi connectivity index (χ1) is 10.6. The van der Waals surface area contributed by atoms with Crippen molar-refractivity contribution in [3.05, 3.63) is 46.2 Å². The fraction of sp³-hybridized carbons (Fsp3) is 0.429. The van der Waals surface area contributed by atoms with Gasteiger partial charge >= 0.3 is 0 Å². The molecule has 1 aromatic carbocycles. The maximum atomic E-state index is 10.7. The monoisotopic (exact) mass is 304 g/mol. The van der Waals surface area contributed by atoms with Crippen molar-refractivity contribution in [2.24, 2.45) is 0 Å². The summed E-state index contributed by atoms with van der Waals surface area (Å²) in [7, 11) is 0. The summed E-state index contributed by atoms with van der Waals surface area (Å²) >= 11 is 0. The van der Waals surface area contributed by atoms with Crippen LogP contribution in [0.1, 0.15) is 11.8 Å². The average Bonchev–Trinajstić information content (AvgIpc) is 2.93. The summed E-state index contributed by atoms with van der Waals surface area (Å²) in [4.78, 5) is 13.9. The molecule has 1 N–H and O–H groups in total. The van der Waals surface area contributed by atoms with Crippen LogP contribution < -0.4 is 9.80 Å². The van der Waals surface area contributed by atoms with E-state index in [2.05, 4.69) is 15.1 Å². The number of nitrogens with one attached hydrogen (secondary N) is 1. The number of hydrogen-bond acceptors (Lipinski definition) is 6. The molecule has 1 fully saturated rings. The Balaban J connectivity index is 1.56. The summed E-state index contributed by atoms with van der Waals surface area (Å²) in [6, 6.07) is 6.72. The molecule has 22 heavy (non-hydrogen) atoms. The first-order valence-corrected chi connectivity index (χ1v) is 7.24. The minimum atomic E-state index is -0.377. The fourth-order valence-electron chi connectivity index (χ4n) is 2.67. The smallest absolute Gasteiger partial charge is 0.271 e. The van der Waals surface area contributed by atoms with Gasteiger partial charge in [-0.1, -0.05) is 0 Å². The molecule has 0 amide bonds. The van der Waals surface area contributed by atoms with E-state index in [9.17, 15) is 10.1 Å². The molecule has 1 aliphatic rings. The molecular weight excluding hydrogens is 286 g/mol. The normalized spacial score (nSPS) is 16.0. The maximum absolute atomic E-state index is 10.7. The number of benzene rings is 1. The van der Waals surface area contributed by atoms with Gasteiger partial charge in [-0.25, -0.2) is 0 Å². The van der Waals surface area contributed by atoms with Gasteiger partial charge in [-0.2, -0.15) is 0 Å². The molecule has 0 bridgehead atoms. The summed E-state index contributed by atoms with van der Waals surface area (Å²) in [6.07, 6.45) is 0. The second-order valence-electron chi connectivity index (χ2n) is 5.40. The van der Waals surface area contributed by atoms with Crippen LogP contribution in [0.5, 0.6) is 0 Å². The molecule has 0 aliphatic carbocycles. The molecule has 8 heteroatoms. The van der Waals surface area contributed by atoms with Gasteiger partial charge in [0.2, 0.25) is 5.89 Å². The molecule has 2 heterocycles. The van der Waals surface area contributed by atoms with Gasteiger partial charge in [0.05, 0.1) is 31.1 Å². The molecule has 1 aromatic heterocycles. The molecule has 8 nitrogen and oxygen atoms in total. The topological polar surface area (TPSA) is 89.7 Å². The Morgan fingerprint density at radius 1 is 1.27 bits per heavy atom. The Morgan fingerprint density at radius 2 is 1.95 bits per heavy atom. The van der Waals surface area contributed by atoms with Gasteiger partial charge in [-0.3, -0.25) is 10.1 Å². The van der Waals surface area contributed by atoms with Crippen molar-refractivity contribution in [2.45, 2.75) is 13.5 Å². The molecule has 0 unspecified atom stereocenters. The Kier molecular flexibility index (Phi) is 4.01. The maximum Gasteiger partial charge on any atom is 0.271 e. The second-order valence-corrected chi connectivity index (χ2v) is 5.40. The number of nitrogens with zero attached hydrogens (tertiary/aromatic N) is 4. The van der Waals surface area contributed by atoms with Crippen molar-refractivity contribution >= 4 is 11.4 Å². The van der Waals surface area contributed by atoms with E-state index in [1.807, 2.05) is 12.1 Å². The van der Waals surface area contributed by atoms with Crippen molar-refractivity contribution in [2.75, 3.05) is 31.1 Å². The molecule has 1 saturated heterocycles. The van der Waals surface area contributed by atoms with Gasteiger partial charge < -0.3 is 14.2 Å². The summed E-state index contributed by atoms with van der Waals surface area (Å²) in [5.41, 5.74) is 1.15. The van der Waals surface area contributed by atoms with E-state index >= 15 is 0 Å². The SMILES string of the molecule is Cc1nnc(C[NH+]2CCN(c3ccc([N+](=O)[O-])cc3)CC2)o1. The fourth-order valence-corrected chi connectivity index (χ4v) is 2.67. The molecule has 0 radical (unpaired) electrons.